The quantitative estimate of drug-likeness (QED) is 0.343. The lowest BCUT2D eigenvalue weighted by Crippen LogP contribution is -2.53. The van der Waals surface area contributed by atoms with E-state index in [2.05, 4.69) is 46.5 Å². The number of para-hydroxylation sites is 1. The van der Waals surface area contributed by atoms with Crippen LogP contribution in [0.2, 0.25) is 0 Å². The average Bonchev–Trinajstić information content (AvgIpc) is 2.88. The van der Waals surface area contributed by atoms with Gasteiger partial charge in [-0.25, -0.2) is 9.97 Å². The highest BCUT2D eigenvalue weighted by molar-refractivity contribution is 6.05. The zero-order valence-electron chi connectivity index (χ0n) is 20.9. The number of rotatable bonds is 6. The molecular formula is C29H30N6O. The first kappa shape index (κ1) is 23.4. The molecule has 2 heterocycles. The maximum absolute atomic E-state index is 12.7. The number of hydrogen-bond donors (Lipinski definition) is 2. The number of carbonyl (C=O) groups excluding carboxylic acids is 1. The number of amides is 1. The largest absolute Gasteiger partial charge is 0.356 e. The molecule has 0 radical (unpaired) electrons. The molecule has 36 heavy (non-hydrogen) atoms. The van der Waals surface area contributed by atoms with Crippen molar-refractivity contribution in [3.05, 3.63) is 85.1 Å². The molecule has 1 aromatic heterocycles. The average molecular weight is 479 g/mol. The molecule has 1 aliphatic rings. The van der Waals surface area contributed by atoms with Crippen molar-refractivity contribution >= 4 is 40.3 Å². The topological polar surface area (TPSA) is 73.4 Å². The number of hydrogen-bond acceptors (Lipinski definition) is 6. The molecule has 182 valence electrons. The molecule has 0 saturated carbocycles. The number of nitrogens with one attached hydrogen (secondary N) is 2. The molecular weight excluding hydrogens is 448 g/mol. The van der Waals surface area contributed by atoms with Crippen LogP contribution < -0.4 is 20.4 Å². The fourth-order valence-corrected chi connectivity index (χ4v) is 4.70. The van der Waals surface area contributed by atoms with Crippen molar-refractivity contribution in [3.63, 3.8) is 0 Å². The summed E-state index contributed by atoms with van der Waals surface area (Å²) in [6.45, 7) is 6.16. The first-order chi connectivity index (χ1) is 17.4. The van der Waals surface area contributed by atoms with Crippen LogP contribution in [0.1, 0.15) is 20.8 Å². The van der Waals surface area contributed by atoms with Crippen LogP contribution in [-0.4, -0.2) is 35.0 Å². The predicted octanol–water partition coefficient (Wildman–Crippen LogP) is 6.21. The van der Waals surface area contributed by atoms with Crippen LogP contribution in [-0.2, 0) is 4.79 Å². The number of aromatic nitrogens is 2. The highest BCUT2D eigenvalue weighted by atomic mass is 16.2. The summed E-state index contributed by atoms with van der Waals surface area (Å²) < 4.78 is 0. The Hall–Kier alpha value is -4.39. The summed E-state index contributed by atoms with van der Waals surface area (Å²) in [5.41, 5.74) is 6.62. The van der Waals surface area contributed by atoms with Crippen LogP contribution in [0.3, 0.4) is 0 Å². The Labute approximate surface area is 211 Å². The van der Waals surface area contributed by atoms with Gasteiger partial charge in [-0.05, 0) is 69.3 Å². The fraction of sp³-hybridized carbons (Fsp3) is 0.207. The van der Waals surface area contributed by atoms with Crippen LogP contribution >= 0.6 is 0 Å². The summed E-state index contributed by atoms with van der Waals surface area (Å²) in [6, 6.07) is 26.1. The van der Waals surface area contributed by atoms with Gasteiger partial charge in [-0.1, -0.05) is 30.3 Å². The van der Waals surface area contributed by atoms with Gasteiger partial charge in [-0.2, -0.15) is 0 Å². The van der Waals surface area contributed by atoms with E-state index in [1.807, 2.05) is 80.7 Å². The zero-order chi connectivity index (χ0) is 25.2. The number of fused-ring (bicyclic) bond motifs is 1. The number of carbonyl (C=O) groups is 1. The summed E-state index contributed by atoms with van der Waals surface area (Å²) >= 11 is 0. The van der Waals surface area contributed by atoms with Crippen molar-refractivity contribution in [2.24, 2.45) is 0 Å². The summed E-state index contributed by atoms with van der Waals surface area (Å²) in [4.78, 5) is 25.8. The van der Waals surface area contributed by atoms with E-state index >= 15 is 0 Å². The molecule has 7 nitrogen and oxygen atoms in total. The second kappa shape index (κ2) is 9.70. The third-order valence-electron chi connectivity index (χ3n) is 6.41. The molecule has 0 unspecified atom stereocenters. The van der Waals surface area contributed by atoms with Crippen LogP contribution in [0.15, 0.2) is 85.1 Å². The van der Waals surface area contributed by atoms with E-state index < -0.39 is 0 Å². The summed E-state index contributed by atoms with van der Waals surface area (Å²) in [5, 5.41) is 6.78. The monoisotopic (exact) mass is 478 g/mol. The van der Waals surface area contributed by atoms with Crippen molar-refractivity contribution < 1.29 is 4.79 Å². The molecule has 0 aliphatic carbocycles. The molecule has 0 saturated heterocycles. The lowest BCUT2D eigenvalue weighted by atomic mass is 10.0. The fourth-order valence-electron chi connectivity index (χ4n) is 4.70. The van der Waals surface area contributed by atoms with Gasteiger partial charge in [0.2, 0.25) is 11.9 Å². The third-order valence-corrected chi connectivity index (χ3v) is 6.41. The molecule has 3 aromatic carbocycles. The van der Waals surface area contributed by atoms with E-state index in [9.17, 15) is 4.79 Å². The molecule has 1 amide bonds. The van der Waals surface area contributed by atoms with E-state index in [-0.39, 0.29) is 18.0 Å². The number of likely N-dealkylation sites (N-methyl/N-ethyl adjacent to an activating group) is 1. The molecule has 0 spiro atoms. The van der Waals surface area contributed by atoms with Gasteiger partial charge < -0.3 is 20.4 Å². The third kappa shape index (κ3) is 4.60. The normalized spacial score (nSPS) is 15.1. The van der Waals surface area contributed by atoms with Gasteiger partial charge in [0, 0.05) is 41.9 Å². The van der Waals surface area contributed by atoms with Gasteiger partial charge in [-0.15, -0.1) is 0 Å². The SMILES string of the molecule is CC(C)N1c2cc(Nc3nccc(-c4cccc(Nc5ccccc5)c4)n3)ccc2N(C)C(=O)[C@H]1C. The Morgan fingerprint density at radius 2 is 1.58 bits per heavy atom. The Kier molecular flexibility index (Phi) is 6.29. The van der Waals surface area contributed by atoms with Gasteiger partial charge in [0.1, 0.15) is 6.04 Å². The highest BCUT2D eigenvalue weighted by Crippen LogP contribution is 2.39. The molecule has 5 rings (SSSR count). The van der Waals surface area contributed by atoms with Crippen molar-refractivity contribution in [3.8, 4) is 11.3 Å². The van der Waals surface area contributed by atoms with Gasteiger partial charge in [0.15, 0.2) is 0 Å². The zero-order valence-corrected chi connectivity index (χ0v) is 20.9. The van der Waals surface area contributed by atoms with Crippen LogP contribution in [0.25, 0.3) is 11.3 Å². The van der Waals surface area contributed by atoms with E-state index in [4.69, 9.17) is 4.98 Å². The molecule has 2 N–H and O–H groups in total. The minimum absolute atomic E-state index is 0.0944. The van der Waals surface area contributed by atoms with Gasteiger partial charge in [0.05, 0.1) is 17.1 Å². The first-order valence-corrected chi connectivity index (χ1v) is 12.1. The predicted molar refractivity (Wildman–Crippen MR) is 147 cm³/mol. The standard InChI is InChI=1S/C29H30N6O/c1-19(2)35-20(3)28(36)34(4)26-14-13-24(18-27(26)35)32-29-30-16-15-25(33-29)21-9-8-12-23(17-21)31-22-10-6-5-7-11-22/h5-20,31H,1-4H3,(H,30,32,33)/t20-/m1/s1. The van der Waals surface area contributed by atoms with Crippen molar-refractivity contribution in [1.82, 2.24) is 9.97 Å². The Morgan fingerprint density at radius 1 is 0.833 bits per heavy atom. The van der Waals surface area contributed by atoms with Crippen LogP contribution in [0.5, 0.6) is 0 Å². The minimum Gasteiger partial charge on any atom is -0.356 e. The summed E-state index contributed by atoms with van der Waals surface area (Å²) in [7, 11) is 1.83. The maximum Gasteiger partial charge on any atom is 0.249 e. The van der Waals surface area contributed by atoms with Crippen molar-refractivity contribution in [2.75, 3.05) is 27.5 Å². The highest BCUT2D eigenvalue weighted by Gasteiger charge is 2.34. The second-order valence-corrected chi connectivity index (χ2v) is 9.24. The molecule has 0 fully saturated rings. The molecule has 0 bridgehead atoms. The molecule has 4 aromatic rings. The van der Waals surface area contributed by atoms with Gasteiger partial charge >= 0.3 is 0 Å². The van der Waals surface area contributed by atoms with E-state index in [1.165, 1.54) is 0 Å². The van der Waals surface area contributed by atoms with Crippen LogP contribution in [0.4, 0.5) is 34.4 Å². The maximum atomic E-state index is 12.7. The Morgan fingerprint density at radius 3 is 2.36 bits per heavy atom. The van der Waals surface area contributed by atoms with E-state index in [0.717, 1.165) is 39.7 Å². The molecule has 7 heteroatoms. The minimum atomic E-state index is -0.228. The van der Waals surface area contributed by atoms with Crippen LogP contribution in [0, 0.1) is 0 Å². The van der Waals surface area contributed by atoms with Crippen molar-refractivity contribution in [2.45, 2.75) is 32.9 Å². The Bertz CT molecular complexity index is 1390. The number of anilines is 6. The lowest BCUT2D eigenvalue weighted by Gasteiger charge is -2.42. The first-order valence-electron chi connectivity index (χ1n) is 12.1. The van der Waals surface area contributed by atoms with E-state index in [1.54, 1.807) is 11.1 Å². The number of benzene rings is 3. The second-order valence-electron chi connectivity index (χ2n) is 9.24. The lowest BCUT2D eigenvalue weighted by molar-refractivity contribution is -0.119. The number of nitrogens with zero attached hydrogens (tertiary/aromatic N) is 4. The molecule has 1 aliphatic heterocycles. The molecule has 1 atom stereocenters. The smallest absolute Gasteiger partial charge is 0.249 e. The van der Waals surface area contributed by atoms with Gasteiger partial charge in [0.25, 0.3) is 0 Å². The van der Waals surface area contributed by atoms with Crippen molar-refractivity contribution in [1.29, 1.82) is 0 Å². The summed E-state index contributed by atoms with van der Waals surface area (Å²) in [6.07, 6.45) is 1.76. The van der Waals surface area contributed by atoms with Gasteiger partial charge in [-0.3, -0.25) is 4.79 Å². The van der Waals surface area contributed by atoms with E-state index in [0.29, 0.717) is 5.95 Å². The Balaban J connectivity index is 1.41. The summed E-state index contributed by atoms with van der Waals surface area (Å²) in [5.74, 6) is 0.607.